The van der Waals surface area contributed by atoms with Crippen molar-refractivity contribution in [3.8, 4) is 11.5 Å². The lowest BCUT2D eigenvalue weighted by Gasteiger charge is -2.21. The van der Waals surface area contributed by atoms with Crippen molar-refractivity contribution in [2.75, 3.05) is 30.4 Å². The van der Waals surface area contributed by atoms with E-state index in [0.29, 0.717) is 18.1 Å². The maximum atomic E-state index is 13.4. The molecule has 0 bridgehead atoms. The van der Waals surface area contributed by atoms with Gasteiger partial charge in [-0.2, -0.15) is 0 Å². The van der Waals surface area contributed by atoms with Gasteiger partial charge >= 0.3 is 5.97 Å². The van der Waals surface area contributed by atoms with Gasteiger partial charge in [0.05, 0.1) is 35.0 Å². The van der Waals surface area contributed by atoms with Crippen LogP contribution in [-0.2, 0) is 10.0 Å². The van der Waals surface area contributed by atoms with E-state index in [1.165, 1.54) is 44.5 Å². The second-order valence-corrected chi connectivity index (χ2v) is 10.4. The van der Waals surface area contributed by atoms with E-state index >= 15 is 0 Å². The number of carboxylic acid groups (broad SMARTS) is 1. The summed E-state index contributed by atoms with van der Waals surface area (Å²) in [7, 11) is -1.46. The van der Waals surface area contributed by atoms with Crippen LogP contribution in [0.4, 0.5) is 11.4 Å². The van der Waals surface area contributed by atoms with Crippen molar-refractivity contribution < 1.29 is 32.6 Å². The molecule has 2 N–H and O–H groups in total. The second kappa shape index (κ2) is 10.3. The van der Waals surface area contributed by atoms with Crippen molar-refractivity contribution in [3.05, 3.63) is 63.3 Å². The number of amides is 1. The molecule has 3 rings (SSSR count). The molecule has 2 aromatic carbocycles. The van der Waals surface area contributed by atoms with E-state index < -0.39 is 21.9 Å². The maximum absolute atomic E-state index is 13.4. The summed E-state index contributed by atoms with van der Waals surface area (Å²) < 4.78 is 38.7. The maximum Gasteiger partial charge on any atom is 0.337 e. The molecule has 9 nitrogen and oxygen atoms in total. The van der Waals surface area contributed by atoms with Crippen molar-refractivity contribution in [1.82, 2.24) is 0 Å². The Morgan fingerprint density at radius 1 is 1.15 bits per heavy atom. The van der Waals surface area contributed by atoms with E-state index in [9.17, 15) is 23.1 Å². The van der Waals surface area contributed by atoms with Crippen molar-refractivity contribution in [2.24, 2.45) is 0 Å². The number of carboxylic acids is 1. The van der Waals surface area contributed by atoms with Gasteiger partial charge in [-0.15, -0.1) is 11.3 Å². The fourth-order valence-corrected chi connectivity index (χ4v) is 5.94. The standard InChI is InChI=1S/C22H21ClN2O7S2/c1-4-32-16-10-9-13(11-17(16)31-3)25(2)34(29,30)18-12-19(23)33-20(18)21(26)24-15-8-6-5-7-14(15)22(27)28/h5-12H,4H2,1-3H3,(H,24,26)(H,27,28). The molecule has 3 aromatic rings. The molecule has 0 fully saturated rings. The summed E-state index contributed by atoms with van der Waals surface area (Å²) in [5, 5.41) is 11.8. The average Bonchev–Trinajstić information content (AvgIpc) is 3.22. The fraction of sp³-hybridized carbons (Fsp3) is 0.182. The van der Waals surface area contributed by atoms with Gasteiger partial charge in [0.25, 0.3) is 15.9 Å². The molecule has 0 radical (unpaired) electrons. The molecule has 12 heteroatoms. The molecular formula is C22H21ClN2O7S2. The molecule has 180 valence electrons. The highest BCUT2D eigenvalue weighted by Crippen LogP contribution is 2.37. The number of hydrogen-bond acceptors (Lipinski definition) is 7. The van der Waals surface area contributed by atoms with Crippen LogP contribution in [0, 0.1) is 0 Å². The van der Waals surface area contributed by atoms with Gasteiger partial charge in [0, 0.05) is 13.1 Å². The number of nitrogens with one attached hydrogen (secondary N) is 1. The number of para-hydroxylation sites is 1. The number of aromatic carboxylic acids is 1. The number of ether oxygens (including phenoxy) is 2. The highest BCUT2D eigenvalue weighted by atomic mass is 35.5. The van der Waals surface area contributed by atoms with Gasteiger partial charge < -0.3 is 19.9 Å². The van der Waals surface area contributed by atoms with Gasteiger partial charge in [0.15, 0.2) is 11.5 Å². The molecule has 0 aliphatic carbocycles. The molecule has 0 aliphatic rings. The number of carbonyl (C=O) groups excluding carboxylic acids is 1. The van der Waals surface area contributed by atoms with Crippen molar-refractivity contribution in [2.45, 2.75) is 11.8 Å². The van der Waals surface area contributed by atoms with E-state index in [1.807, 2.05) is 6.92 Å². The summed E-state index contributed by atoms with van der Waals surface area (Å²) in [5.74, 6) is -1.25. The number of anilines is 2. The normalized spacial score (nSPS) is 11.1. The molecule has 0 atom stereocenters. The molecule has 0 unspecified atom stereocenters. The average molecular weight is 525 g/mol. The van der Waals surface area contributed by atoms with Gasteiger partial charge in [-0.05, 0) is 37.3 Å². The number of benzene rings is 2. The Morgan fingerprint density at radius 3 is 2.50 bits per heavy atom. The van der Waals surface area contributed by atoms with Crippen LogP contribution < -0.4 is 19.1 Å². The van der Waals surface area contributed by atoms with Crippen LogP contribution in [0.5, 0.6) is 11.5 Å². The lowest BCUT2D eigenvalue weighted by atomic mass is 10.2. The third kappa shape index (κ3) is 5.11. The number of halogens is 1. The van der Waals surface area contributed by atoms with Crippen molar-refractivity contribution >= 4 is 56.2 Å². The van der Waals surface area contributed by atoms with E-state index in [0.717, 1.165) is 15.6 Å². The minimum absolute atomic E-state index is 0.0254. The molecule has 0 aliphatic heterocycles. The van der Waals surface area contributed by atoms with Gasteiger partial charge in [0.2, 0.25) is 0 Å². The minimum Gasteiger partial charge on any atom is -0.493 e. The zero-order valence-corrected chi connectivity index (χ0v) is 20.8. The summed E-state index contributed by atoms with van der Waals surface area (Å²) in [5.41, 5.74) is 0.157. The number of sulfonamides is 1. The Labute approximate surface area is 205 Å². The van der Waals surface area contributed by atoms with Gasteiger partial charge in [-0.25, -0.2) is 13.2 Å². The number of nitrogens with zero attached hydrogens (tertiary/aromatic N) is 1. The third-order valence-electron chi connectivity index (χ3n) is 4.73. The second-order valence-electron chi connectivity index (χ2n) is 6.79. The highest BCUT2D eigenvalue weighted by Gasteiger charge is 2.31. The van der Waals surface area contributed by atoms with Crippen LogP contribution in [0.15, 0.2) is 53.4 Å². The summed E-state index contributed by atoms with van der Waals surface area (Å²) in [6, 6.07) is 11.6. The largest absolute Gasteiger partial charge is 0.493 e. The number of carbonyl (C=O) groups is 2. The monoisotopic (exact) mass is 524 g/mol. The number of hydrogen-bond donors (Lipinski definition) is 2. The number of methoxy groups -OCH3 is 1. The summed E-state index contributed by atoms with van der Waals surface area (Å²) >= 11 is 6.85. The topological polar surface area (TPSA) is 122 Å². The smallest absolute Gasteiger partial charge is 0.337 e. The summed E-state index contributed by atoms with van der Waals surface area (Å²) in [6.45, 7) is 2.21. The number of rotatable bonds is 9. The lowest BCUT2D eigenvalue weighted by Crippen LogP contribution is -2.28. The first-order valence-electron chi connectivity index (χ1n) is 9.82. The Morgan fingerprint density at radius 2 is 1.85 bits per heavy atom. The Bertz CT molecular complexity index is 1340. The van der Waals surface area contributed by atoms with Crippen LogP contribution in [-0.4, -0.2) is 46.2 Å². The van der Waals surface area contributed by atoms with Crippen LogP contribution >= 0.6 is 22.9 Å². The first-order valence-corrected chi connectivity index (χ1v) is 12.5. The quantitative estimate of drug-likeness (QED) is 0.420. The molecule has 0 spiro atoms. The van der Waals surface area contributed by atoms with E-state index in [-0.39, 0.29) is 31.0 Å². The predicted octanol–water partition coefficient (Wildman–Crippen LogP) is 4.58. The predicted molar refractivity (Wildman–Crippen MR) is 130 cm³/mol. The molecule has 1 heterocycles. The zero-order valence-electron chi connectivity index (χ0n) is 18.4. The molecule has 1 aromatic heterocycles. The van der Waals surface area contributed by atoms with Crippen LogP contribution in [0.25, 0.3) is 0 Å². The first-order chi connectivity index (χ1) is 16.1. The van der Waals surface area contributed by atoms with Crippen LogP contribution in [0.1, 0.15) is 27.0 Å². The summed E-state index contributed by atoms with van der Waals surface area (Å²) in [4.78, 5) is 23.9. The SMILES string of the molecule is CCOc1ccc(N(C)S(=O)(=O)c2cc(Cl)sc2C(=O)Nc2ccccc2C(=O)O)cc1OC. The van der Waals surface area contributed by atoms with E-state index in [1.54, 1.807) is 18.2 Å². The molecular weight excluding hydrogens is 504 g/mol. The van der Waals surface area contributed by atoms with Crippen LogP contribution in [0.2, 0.25) is 4.34 Å². The van der Waals surface area contributed by atoms with E-state index in [4.69, 9.17) is 21.1 Å². The van der Waals surface area contributed by atoms with Gasteiger partial charge in [-0.3, -0.25) is 9.10 Å². The Balaban J connectivity index is 1.98. The van der Waals surface area contributed by atoms with Crippen molar-refractivity contribution in [3.63, 3.8) is 0 Å². The van der Waals surface area contributed by atoms with Gasteiger partial charge in [0.1, 0.15) is 9.77 Å². The zero-order chi connectivity index (χ0) is 25.0. The molecule has 34 heavy (non-hydrogen) atoms. The van der Waals surface area contributed by atoms with Crippen LogP contribution in [0.3, 0.4) is 0 Å². The Kier molecular flexibility index (Phi) is 7.70. The van der Waals surface area contributed by atoms with Gasteiger partial charge in [-0.1, -0.05) is 23.7 Å². The highest BCUT2D eigenvalue weighted by molar-refractivity contribution is 7.93. The molecule has 0 saturated carbocycles. The molecule has 0 saturated heterocycles. The van der Waals surface area contributed by atoms with E-state index in [2.05, 4.69) is 5.32 Å². The third-order valence-corrected chi connectivity index (χ3v) is 7.93. The van der Waals surface area contributed by atoms with Crippen molar-refractivity contribution in [1.29, 1.82) is 0 Å². The number of thiophene rings is 1. The summed E-state index contributed by atoms with van der Waals surface area (Å²) in [6.07, 6.45) is 0. The lowest BCUT2D eigenvalue weighted by molar-refractivity contribution is 0.0698. The first kappa shape index (κ1) is 25.3. The minimum atomic E-state index is -4.23. The Hall–Kier alpha value is -3.28. The fourth-order valence-electron chi connectivity index (χ4n) is 3.07. The molecule has 1 amide bonds.